The molecule has 0 bridgehead atoms. The minimum absolute atomic E-state index is 0.846. The smallest absolute Gasteiger partial charge is 0.142 e. The standard InChI is InChI=1S/C21H19N3OS/c1-14-4-3-5-15(10-14)12-26-21-18-11-19(24-20(18)22-13-23-21)16-6-8-17(25-2)9-7-16/h3-11,13H,12H2,1-2H3,(H,22,23,24). The molecule has 2 aromatic heterocycles. The molecule has 4 nitrogen and oxygen atoms in total. The lowest BCUT2D eigenvalue weighted by Gasteiger charge is -2.03. The Labute approximate surface area is 156 Å². The Balaban J connectivity index is 1.62. The summed E-state index contributed by atoms with van der Waals surface area (Å²) in [5.41, 5.74) is 5.56. The number of benzene rings is 2. The van der Waals surface area contributed by atoms with E-state index in [2.05, 4.69) is 52.2 Å². The Morgan fingerprint density at radius 2 is 1.88 bits per heavy atom. The lowest BCUT2D eigenvalue weighted by molar-refractivity contribution is 0.415. The van der Waals surface area contributed by atoms with Crippen LogP contribution in [-0.4, -0.2) is 22.1 Å². The molecule has 0 aliphatic rings. The van der Waals surface area contributed by atoms with E-state index in [9.17, 15) is 0 Å². The number of nitrogens with one attached hydrogen (secondary N) is 1. The predicted octanol–water partition coefficient (Wildman–Crippen LogP) is 5.23. The number of aryl methyl sites for hydroxylation is 1. The zero-order chi connectivity index (χ0) is 17.9. The highest BCUT2D eigenvalue weighted by atomic mass is 32.2. The molecule has 2 aromatic carbocycles. The van der Waals surface area contributed by atoms with Crippen molar-refractivity contribution in [1.82, 2.24) is 15.0 Å². The molecule has 0 aliphatic heterocycles. The van der Waals surface area contributed by atoms with Crippen LogP contribution in [0.4, 0.5) is 0 Å². The normalized spacial score (nSPS) is 11.0. The highest BCUT2D eigenvalue weighted by Gasteiger charge is 2.10. The van der Waals surface area contributed by atoms with Gasteiger partial charge in [-0.25, -0.2) is 9.97 Å². The number of rotatable bonds is 5. The first-order valence-electron chi connectivity index (χ1n) is 8.39. The summed E-state index contributed by atoms with van der Waals surface area (Å²) >= 11 is 1.74. The van der Waals surface area contributed by atoms with Gasteiger partial charge in [0.1, 0.15) is 22.7 Å². The number of aromatic nitrogens is 3. The highest BCUT2D eigenvalue weighted by Crippen LogP contribution is 2.31. The number of aromatic amines is 1. The van der Waals surface area contributed by atoms with Gasteiger partial charge in [-0.2, -0.15) is 0 Å². The van der Waals surface area contributed by atoms with E-state index in [1.165, 1.54) is 11.1 Å². The van der Waals surface area contributed by atoms with Crippen LogP contribution in [-0.2, 0) is 5.75 Å². The molecule has 0 spiro atoms. The maximum atomic E-state index is 5.23. The average Bonchev–Trinajstić information content (AvgIpc) is 3.11. The number of thioether (sulfide) groups is 1. The largest absolute Gasteiger partial charge is 0.497 e. The predicted molar refractivity (Wildman–Crippen MR) is 107 cm³/mol. The molecule has 0 amide bonds. The first-order chi connectivity index (χ1) is 12.7. The van der Waals surface area contributed by atoms with Crippen molar-refractivity contribution < 1.29 is 4.74 Å². The van der Waals surface area contributed by atoms with Crippen molar-refractivity contribution in [3.63, 3.8) is 0 Å². The number of hydrogen-bond donors (Lipinski definition) is 1. The van der Waals surface area contributed by atoms with Gasteiger partial charge in [-0.3, -0.25) is 0 Å². The molecule has 0 saturated heterocycles. The van der Waals surface area contributed by atoms with Crippen molar-refractivity contribution in [1.29, 1.82) is 0 Å². The lowest BCUT2D eigenvalue weighted by Crippen LogP contribution is -1.87. The van der Waals surface area contributed by atoms with Crippen LogP contribution in [0.3, 0.4) is 0 Å². The molecule has 0 aliphatic carbocycles. The summed E-state index contributed by atoms with van der Waals surface area (Å²) in [7, 11) is 1.67. The van der Waals surface area contributed by atoms with Crippen LogP contribution in [0.25, 0.3) is 22.3 Å². The van der Waals surface area contributed by atoms with Crippen molar-refractivity contribution in [3.05, 3.63) is 72.1 Å². The molecule has 4 aromatic rings. The molecule has 5 heteroatoms. The van der Waals surface area contributed by atoms with Gasteiger partial charge in [-0.1, -0.05) is 29.8 Å². The summed E-state index contributed by atoms with van der Waals surface area (Å²) in [6.45, 7) is 2.12. The third-order valence-corrected chi connectivity index (χ3v) is 5.32. The molecule has 0 radical (unpaired) electrons. The zero-order valence-electron chi connectivity index (χ0n) is 14.7. The zero-order valence-corrected chi connectivity index (χ0v) is 15.5. The van der Waals surface area contributed by atoms with E-state index in [0.717, 1.165) is 38.8 Å². The Bertz CT molecular complexity index is 1040. The van der Waals surface area contributed by atoms with Gasteiger partial charge >= 0.3 is 0 Å². The summed E-state index contributed by atoms with van der Waals surface area (Å²) in [5.74, 6) is 1.73. The highest BCUT2D eigenvalue weighted by molar-refractivity contribution is 7.98. The maximum Gasteiger partial charge on any atom is 0.142 e. The van der Waals surface area contributed by atoms with Crippen LogP contribution in [0, 0.1) is 6.92 Å². The third kappa shape index (κ3) is 3.44. The summed E-state index contributed by atoms with van der Waals surface area (Å²) in [6, 6.07) is 18.7. The molecule has 0 atom stereocenters. The number of ether oxygens (including phenoxy) is 1. The maximum absolute atomic E-state index is 5.23. The molecular weight excluding hydrogens is 342 g/mol. The summed E-state index contributed by atoms with van der Waals surface area (Å²) in [4.78, 5) is 12.3. The van der Waals surface area contributed by atoms with Gasteiger partial charge in [0.05, 0.1) is 12.5 Å². The Morgan fingerprint density at radius 3 is 2.65 bits per heavy atom. The molecule has 130 valence electrons. The first kappa shape index (κ1) is 16.7. The molecule has 26 heavy (non-hydrogen) atoms. The van der Waals surface area contributed by atoms with Gasteiger partial charge in [0.2, 0.25) is 0 Å². The van der Waals surface area contributed by atoms with Crippen LogP contribution < -0.4 is 4.74 Å². The Kier molecular flexibility index (Phi) is 4.63. The Hall–Kier alpha value is -2.79. The van der Waals surface area contributed by atoms with Gasteiger partial charge in [0.25, 0.3) is 0 Å². The van der Waals surface area contributed by atoms with Gasteiger partial charge in [-0.05, 0) is 48.4 Å². The number of methoxy groups -OCH3 is 1. The monoisotopic (exact) mass is 361 g/mol. The third-order valence-electron chi connectivity index (χ3n) is 4.25. The summed E-state index contributed by atoms with van der Waals surface area (Å²) in [5, 5.41) is 2.04. The molecule has 0 unspecified atom stereocenters. The molecule has 0 saturated carbocycles. The van der Waals surface area contributed by atoms with Gasteiger partial charge in [0.15, 0.2) is 0 Å². The van der Waals surface area contributed by atoms with Crippen LogP contribution in [0.15, 0.2) is 66.0 Å². The van der Waals surface area contributed by atoms with Crippen LogP contribution in [0.2, 0.25) is 0 Å². The number of H-pyrrole nitrogens is 1. The fourth-order valence-corrected chi connectivity index (χ4v) is 3.83. The molecule has 1 N–H and O–H groups in total. The number of hydrogen-bond acceptors (Lipinski definition) is 4. The van der Waals surface area contributed by atoms with E-state index in [4.69, 9.17) is 4.74 Å². The fraction of sp³-hybridized carbons (Fsp3) is 0.143. The van der Waals surface area contributed by atoms with E-state index in [0.29, 0.717) is 0 Å². The fourth-order valence-electron chi connectivity index (χ4n) is 2.91. The molecule has 2 heterocycles. The van der Waals surface area contributed by atoms with Gasteiger partial charge in [0, 0.05) is 11.4 Å². The minimum atomic E-state index is 0.846. The summed E-state index contributed by atoms with van der Waals surface area (Å²) in [6.07, 6.45) is 1.62. The van der Waals surface area contributed by atoms with E-state index < -0.39 is 0 Å². The summed E-state index contributed by atoms with van der Waals surface area (Å²) < 4.78 is 5.23. The topological polar surface area (TPSA) is 50.8 Å². The van der Waals surface area contributed by atoms with Gasteiger partial charge < -0.3 is 9.72 Å². The SMILES string of the molecule is COc1ccc(-c2cc3c(SCc4cccc(C)c4)ncnc3[nH]2)cc1. The van der Waals surface area contributed by atoms with Crippen molar-refractivity contribution in [2.75, 3.05) is 7.11 Å². The quantitative estimate of drug-likeness (QED) is 0.390. The second-order valence-electron chi connectivity index (χ2n) is 6.13. The first-order valence-corrected chi connectivity index (χ1v) is 9.38. The second kappa shape index (κ2) is 7.22. The van der Waals surface area contributed by atoms with Crippen LogP contribution in [0.1, 0.15) is 11.1 Å². The Morgan fingerprint density at radius 1 is 1.04 bits per heavy atom. The average molecular weight is 361 g/mol. The van der Waals surface area contributed by atoms with E-state index in [-0.39, 0.29) is 0 Å². The lowest BCUT2D eigenvalue weighted by atomic mass is 10.1. The van der Waals surface area contributed by atoms with E-state index in [1.54, 1.807) is 25.2 Å². The van der Waals surface area contributed by atoms with E-state index in [1.807, 2.05) is 24.3 Å². The van der Waals surface area contributed by atoms with Gasteiger partial charge in [-0.15, -0.1) is 11.8 Å². The van der Waals surface area contributed by atoms with Crippen LogP contribution >= 0.6 is 11.8 Å². The molecule has 0 fully saturated rings. The van der Waals surface area contributed by atoms with Crippen molar-refractivity contribution >= 4 is 22.8 Å². The minimum Gasteiger partial charge on any atom is -0.497 e. The second-order valence-corrected chi connectivity index (χ2v) is 7.09. The van der Waals surface area contributed by atoms with Crippen LogP contribution in [0.5, 0.6) is 5.75 Å². The molecular formula is C21H19N3OS. The molecule has 4 rings (SSSR count). The van der Waals surface area contributed by atoms with Crippen molar-refractivity contribution in [2.45, 2.75) is 17.7 Å². The van der Waals surface area contributed by atoms with Crippen molar-refractivity contribution in [2.24, 2.45) is 0 Å². The van der Waals surface area contributed by atoms with Crippen molar-refractivity contribution in [3.8, 4) is 17.0 Å². The number of nitrogens with zero attached hydrogens (tertiary/aromatic N) is 2. The number of fused-ring (bicyclic) bond motifs is 1. The van der Waals surface area contributed by atoms with E-state index >= 15 is 0 Å².